The van der Waals surface area contributed by atoms with Crippen LogP contribution in [0.5, 0.6) is 0 Å². The summed E-state index contributed by atoms with van der Waals surface area (Å²) in [5, 5.41) is 21.9. The summed E-state index contributed by atoms with van der Waals surface area (Å²) in [6.45, 7) is 1.71. The summed E-state index contributed by atoms with van der Waals surface area (Å²) in [6, 6.07) is 12.6. The minimum absolute atomic E-state index is 0.112. The molecule has 0 aliphatic heterocycles. The number of nitro benzene ring substituents is 1. The van der Waals surface area contributed by atoms with Crippen LogP contribution in [-0.4, -0.2) is 25.8 Å². The zero-order chi connectivity index (χ0) is 18.0. The van der Waals surface area contributed by atoms with Gasteiger partial charge >= 0.3 is 0 Å². The number of carbonyl (C=O) groups is 1. The number of aromatic nitrogens is 3. The largest absolute Gasteiger partial charge is 0.320 e. The van der Waals surface area contributed by atoms with Crippen molar-refractivity contribution in [3.05, 3.63) is 75.1 Å². The first-order valence-electron chi connectivity index (χ1n) is 7.20. The molecule has 0 spiro atoms. The molecular weight excluding hydrogens is 346 g/mol. The van der Waals surface area contributed by atoms with Crippen molar-refractivity contribution in [1.29, 1.82) is 0 Å². The third-order valence-electron chi connectivity index (χ3n) is 3.50. The van der Waals surface area contributed by atoms with E-state index >= 15 is 0 Å². The molecule has 9 heteroatoms. The average molecular weight is 358 g/mol. The van der Waals surface area contributed by atoms with Gasteiger partial charge in [0.15, 0.2) is 5.69 Å². The Hall–Kier alpha value is -3.26. The SMILES string of the molecule is Cc1c(C(=O)Nc2cccc([N+](=O)[O-])c2)nnn1-c1ccc(Cl)cc1. The number of amides is 1. The second kappa shape index (κ2) is 6.70. The maximum absolute atomic E-state index is 12.4. The molecule has 0 atom stereocenters. The van der Waals surface area contributed by atoms with E-state index in [1.54, 1.807) is 37.3 Å². The van der Waals surface area contributed by atoms with E-state index < -0.39 is 10.8 Å². The molecule has 25 heavy (non-hydrogen) atoms. The number of hydrogen-bond donors (Lipinski definition) is 1. The molecule has 1 aromatic heterocycles. The Morgan fingerprint density at radius 1 is 1.24 bits per heavy atom. The van der Waals surface area contributed by atoms with Gasteiger partial charge in [-0.1, -0.05) is 22.9 Å². The normalized spacial score (nSPS) is 10.5. The number of anilines is 1. The fraction of sp³-hybridized carbons (Fsp3) is 0.0625. The first-order valence-corrected chi connectivity index (χ1v) is 7.57. The zero-order valence-corrected chi connectivity index (χ0v) is 13.8. The lowest BCUT2D eigenvalue weighted by Crippen LogP contribution is -2.14. The third kappa shape index (κ3) is 3.48. The zero-order valence-electron chi connectivity index (χ0n) is 13.0. The molecule has 0 aliphatic carbocycles. The summed E-state index contributed by atoms with van der Waals surface area (Å²) in [7, 11) is 0. The van der Waals surface area contributed by atoms with Crippen molar-refractivity contribution < 1.29 is 9.72 Å². The molecule has 0 radical (unpaired) electrons. The Kier molecular flexibility index (Phi) is 4.44. The Bertz CT molecular complexity index is 953. The topological polar surface area (TPSA) is 103 Å². The molecule has 3 aromatic rings. The van der Waals surface area contributed by atoms with E-state index in [4.69, 9.17) is 11.6 Å². The summed E-state index contributed by atoms with van der Waals surface area (Å²) < 4.78 is 1.51. The lowest BCUT2D eigenvalue weighted by Gasteiger charge is -2.05. The average Bonchev–Trinajstić information content (AvgIpc) is 2.97. The van der Waals surface area contributed by atoms with Crippen LogP contribution in [0.4, 0.5) is 11.4 Å². The van der Waals surface area contributed by atoms with Gasteiger partial charge in [-0.05, 0) is 37.3 Å². The quantitative estimate of drug-likeness (QED) is 0.569. The van der Waals surface area contributed by atoms with E-state index in [1.807, 2.05) is 0 Å². The minimum atomic E-state index is -0.530. The van der Waals surface area contributed by atoms with Crippen molar-refractivity contribution in [1.82, 2.24) is 15.0 Å². The summed E-state index contributed by atoms with van der Waals surface area (Å²) >= 11 is 5.86. The maximum atomic E-state index is 12.4. The van der Waals surface area contributed by atoms with Crippen LogP contribution in [0.2, 0.25) is 5.02 Å². The molecule has 126 valence electrons. The molecule has 1 amide bonds. The van der Waals surface area contributed by atoms with Crippen molar-refractivity contribution >= 4 is 28.9 Å². The Morgan fingerprint density at radius 2 is 1.96 bits per heavy atom. The number of nitrogens with one attached hydrogen (secondary N) is 1. The summed E-state index contributed by atoms with van der Waals surface area (Å²) in [5.41, 5.74) is 1.56. The van der Waals surface area contributed by atoms with Gasteiger partial charge in [0.1, 0.15) is 0 Å². The number of nitro groups is 1. The fourth-order valence-corrected chi connectivity index (χ4v) is 2.38. The van der Waals surface area contributed by atoms with Gasteiger partial charge in [0.2, 0.25) is 0 Å². The van der Waals surface area contributed by atoms with E-state index in [-0.39, 0.29) is 11.4 Å². The van der Waals surface area contributed by atoms with Crippen LogP contribution in [-0.2, 0) is 0 Å². The molecule has 0 unspecified atom stereocenters. The number of non-ortho nitro benzene ring substituents is 1. The number of nitrogens with zero attached hydrogens (tertiary/aromatic N) is 4. The summed E-state index contributed by atoms with van der Waals surface area (Å²) in [6.07, 6.45) is 0. The number of carbonyl (C=O) groups excluding carboxylic acids is 1. The Labute approximate surface area is 147 Å². The van der Waals surface area contributed by atoms with Crippen LogP contribution in [0.15, 0.2) is 48.5 Å². The predicted molar refractivity (Wildman–Crippen MR) is 92.2 cm³/mol. The summed E-state index contributed by atoms with van der Waals surface area (Å²) in [4.78, 5) is 22.7. The lowest BCUT2D eigenvalue weighted by molar-refractivity contribution is -0.384. The highest BCUT2D eigenvalue weighted by Crippen LogP contribution is 2.19. The van der Waals surface area contributed by atoms with Gasteiger partial charge < -0.3 is 5.32 Å². The molecule has 3 rings (SSSR count). The van der Waals surface area contributed by atoms with Crippen LogP contribution in [0.1, 0.15) is 16.2 Å². The molecule has 1 heterocycles. The maximum Gasteiger partial charge on any atom is 0.278 e. The van der Waals surface area contributed by atoms with Crippen LogP contribution in [0.25, 0.3) is 5.69 Å². The van der Waals surface area contributed by atoms with Crippen LogP contribution >= 0.6 is 11.6 Å². The number of hydrogen-bond acceptors (Lipinski definition) is 5. The second-order valence-corrected chi connectivity index (χ2v) is 5.61. The highest BCUT2D eigenvalue weighted by atomic mass is 35.5. The van der Waals surface area contributed by atoms with Crippen LogP contribution in [0.3, 0.4) is 0 Å². The number of benzene rings is 2. The number of rotatable bonds is 4. The highest BCUT2D eigenvalue weighted by Gasteiger charge is 2.18. The van der Waals surface area contributed by atoms with E-state index in [9.17, 15) is 14.9 Å². The highest BCUT2D eigenvalue weighted by molar-refractivity contribution is 6.30. The molecule has 2 aromatic carbocycles. The van der Waals surface area contributed by atoms with Crippen molar-refractivity contribution in [2.24, 2.45) is 0 Å². The lowest BCUT2D eigenvalue weighted by atomic mass is 10.2. The molecule has 0 aliphatic rings. The van der Waals surface area contributed by atoms with Crippen LogP contribution in [0, 0.1) is 17.0 Å². The standard InChI is InChI=1S/C16H12ClN5O3/c1-10-15(19-20-21(10)13-7-5-11(17)6-8-13)16(23)18-12-3-2-4-14(9-12)22(24)25/h2-9H,1H3,(H,18,23). The van der Waals surface area contributed by atoms with Gasteiger partial charge in [0.25, 0.3) is 11.6 Å². The van der Waals surface area contributed by atoms with Gasteiger partial charge in [-0.3, -0.25) is 14.9 Å². The summed E-state index contributed by atoms with van der Waals surface area (Å²) in [5.74, 6) is -0.502. The first-order chi connectivity index (χ1) is 12.0. The molecule has 0 saturated heterocycles. The Balaban J connectivity index is 1.85. The van der Waals surface area contributed by atoms with Gasteiger partial charge in [-0.2, -0.15) is 0 Å². The molecule has 1 N–H and O–H groups in total. The van der Waals surface area contributed by atoms with Crippen molar-refractivity contribution in [2.75, 3.05) is 5.32 Å². The molecule has 0 bridgehead atoms. The van der Waals surface area contributed by atoms with Crippen molar-refractivity contribution in [3.8, 4) is 5.69 Å². The van der Waals surface area contributed by atoms with Crippen molar-refractivity contribution in [3.63, 3.8) is 0 Å². The predicted octanol–water partition coefficient (Wildman–Crippen LogP) is 3.39. The van der Waals surface area contributed by atoms with Crippen molar-refractivity contribution in [2.45, 2.75) is 6.92 Å². The van der Waals surface area contributed by atoms with E-state index in [1.165, 1.54) is 22.9 Å². The molecular formula is C16H12ClN5O3. The third-order valence-corrected chi connectivity index (χ3v) is 3.75. The van der Waals surface area contributed by atoms with E-state index in [0.29, 0.717) is 22.1 Å². The van der Waals surface area contributed by atoms with Gasteiger partial charge in [-0.25, -0.2) is 4.68 Å². The van der Waals surface area contributed by atoms with Crippen LogP contribution < -0.4 is 5.32 Å². The van der Waals surface area contributed by atoms with E-state index in [2.05, 4.69) is 15.6 Å². The minimum Gasteiger partial charge on any atom is -0.320 e. The van der Waals surface area contributed by atoms with E-state index in [0.717, 1.165) is 0 Å². The Morgan fingerprint density at radius 3 is 2.64 bits per heavy atom. The van der Waals surface area contributed by atoms with Gasteiger partial charge in [0.05, 0.1) is 16.3 Å². The molecule has 8 nitrogen and oxygen atoms in total. The van der Waals surface area contributed by atoms with Gasteiger partial charge in [0, 0.05) is 22.8 Å². The first kappa shape index (κ1) is 16.6. The smallest absolute Gasteiger partial charge is 0.278 e. The molecule has 0 fully saturated rings. The molecule has 0 saturated carbocycles. The number of halogens is 1. The van der Waals surface area contributed by atoms with Gasteiger partial charge in [-0.15, -0.1) is 5.10 Å². The monoisotopic (exact) mass is 357 g/mol. The fourth-order valence-electron chi connectivity index (χ4n) is 2.25. The second-order valence-electron chi connectivity index (χ2n) is 5.17.